The molecule has 0 bridgehead atoms. The van der Waals surface area contributed by atoms with Gasteiger partial charge in [-0.15, -0.1) is 0 Å². The van der Waals surface area contributed by atoms with Gasteiger partial charge in [0.05, 0.1) is 19.3 Å². The van der Waals surface area contributed by atoms with Gasteiger partial charge in [-0.25, -0.2) is 0 Å². The summed E-state index contributed by atoms with van der Waals surface area (Å²) in [5.41, 5.74) is 5.23. The smallest absolute Gasteiger partial charge is 0.0577 e. The Labute approximate surface area is 257 Å². The third-order valence-corrected chi connectivity index (χ3v) is 15.5. The third-order valence-electron chi connectivity index (χ3n) is 15.5. The molecule has 0 aromatic rings. The van der Waals surface area contributed by atoms with E-state index in [1.165, 1.54) is 77.0 Å². The first-order chi connectivity index (χ1) is 20.1. The number of aliphatic hydroxyl groups excluding tert-OH is 1. The molecule has 12 atom stereocenters. The third kappa shape index (κ3) is 4.84. The largest absolute Gasteiger partial charge is 0.393 e. The van der Waals surface area contributed by atoms with Gasteiger partial charge in [-0.1, -0.05) is 57.9 Å². The maximum atomic E-state index is 10.0. The van der Waals surface area contributed by atoms with Gasteiger partial charge >= 0.3 is 0 Å². The number of allylic oxidation sites excluding steroid dienone is 3. The zero-order chi connectivity index (χ0) is 29.3. The molecule has 3 heteroatoms. The molecule has 3 nitrogen and oxygen atoms in total. The Morgan fingerprint density at radius 1 is 0.619 bits per heavy atom. The van der Waals surface area contributed by atoms with Gasteiger partial charge in [0.1, 0.15) is 0 Å². The maximum absolute atomic E-state index is 10.0. The number of ether oxygens (including phenoxy) is 2. The van der Waals surface area contributed by atoms with Crippen LogP contribution in [0.3, 0.4) is 0 Å². The van der Waals surface area contributed by atoms with Crippen LogP contribution in [-0.2, 0) is 9.47 Å². The lowest BCUT2D eigenvalue weighted by Crippen LogP contribution is -2.53. The molecular weight excluding hydrogens is 516 g/mol. The van der Waals surface area contributed by atoms with E-state index in [-0.39, 0.29) is 6.10 Å². The zero-order valence-electron chi connectivity index (χ0n) is 27.8. The molecule has 42 heavy (non-hydrogen) atoms. The van der Waals surface area contributed by atoms with Crippen molar-refractivity contribution < 1.29 is 14.6 Å². The van der Waals surface area contributed by atoms with E-state index in [1.807, 2.05) is 5.57 Å². The van der Waals surface area contributed by atoms with Crippen LogP contribution < -0.4 is 0 Å². The summed E-state index contributed by atoms with van der Waals surface area (Å²) in [5.74, 6) is 6.29. The van der Waals surface area contributed by atoms with E-state index in [9.17, 15) is 5.11 Å². The fourth-order valence-electron chi connectivity index (χ4n) is 12.8. The van der Waals surface area contributed by atoms with Gasteiger partial charge in [0.2, 0.25) is 0 Å². The number of fused-ring (bicyclic) bond motifs is 10. The second kappa shape index (κ2) is 11.0. The topological polar surface area (TPSA) is 38.7 Å². The van der Waals surface area contributed by atoms with Crippen molar-refractivity contribution >= 4 is 0 Å². The van der Waals surface area contributed by atoms with Crippen LogP contribution in [-0.4, -0.2) is 37.6 Å². The summed E-state index contributed by atoms with van der Waals surface area (Å²) < 4.78 is 11.7. The van der Waals surface area contributed by atoms with Gasteiger partial charge in [-0.3, -0.25) is 0 Å². The second-order valence-corrected chi connectivity index (χ2v) is 17.8. The summed E-state index contributed by atoms with van der Waals surface area (Å²) >= 11 is 0. The Kier molecular flexibility index (Phi) is 7.87. The van der Waals surface area contributed by atoms with E-state index in [4.69, 9.17) is 9.47 Å². The molecule has 0 aromatic carbocycles. The van der Waals surface area contributed by atoms with E-state index in [0.29, 0.717) is 21.7 Å². The van der Waals surface area contributed by atoms with Crippen LogP contribution in [0.2, 0.25) is 0 Å². The molecule has 236 valence electrons. The summed E-state index contributed by atoms with van der Waals surface area (Å²) in [7, 11) is 0. The number of hydrogen-bond donors (Lipinski definition) is 1. The molecule has 8 aliphatic rings. The Balaban J connectivity index is 0.000000137. The molecule has 8 rings (SSSR count). The van der Waals surface area contributed by atoms with Crippen molar-refractivity contribution in [1.29, 1.82) is 0 Å². The van der Waals surface area contributed by atoms with Gasteiger partial charge in [0.15, 0.2) is 0 Å². The predicted molar refractivity (Wildman–Crippen MR) is 171 cm³/mol. The van der Waals surface area contributed by atoms with Crippen LogP contribution in [0.4, 0.5) is 0 Å². The normalized spacial score (nSPS) is 53.2. The number of hydrogen-bond acceptors (Lipinski definition) is 3. The first-order valence-electron chi connectivity index (χ1n) is 18.3. The monoisotopic (exact) mass is 578 g/mol. The minimum atomic E-state index is -0.0854. The lowest BCUT2D eigenvalue weighted by atomic mass is 9.46. The van der Waals surface area contributed by atoms with Crippen molar-refractivity contribution in [1.82, 2.24) is 0 Å². The summed E-state index contributed by atoms with van der Waals surface area (Å²) in [4.78, 5) is 0. The average molecular weight is 579 g/mol. The first-order valence-corrected chi connectivity index (χ1v) is 18.3. The molecule has 6 fully saturated rings. The van der Waals surface area contributed by atoms with Gasteiger partial charge < -0.3 is 14.6 Å². The second-order valence-electron chi connectivity index (χ2n) is 17.8. The highest BCUT2D eigenvalue weighted by atomic mass is 16.5. The van der Waals surface area contributed by atoms with E-state index >= 15 is 0 Å². The molecule has 2 saturated heterocycles. The fraction of sp³-hybridized carbons (Fsp3) is 0.897. The Bertz CT molecular complexity index is 994. The standard InChI is InChI=1S/C20H32O.C19H30O2/c1-14-6-10-20(3)15(12-14)4-5-16-17-8-11-21-13-19(17,2)9-7-18(16)20;1-18-8-6-17-15(16(18)7-10-21-12-18)4-3-13-11-14(20)5-9-19(13,17)2/h4,14,16-18H,5-13H2,1-3H3;3,14-17,20H,4-12H2,1-2H3. The Morgan fingerprint density at radius 3 is 1.67 bits per heavy atom. The number of rotatable bonds is 0. The SMILES string of the molecule is CC12CCC3C(CC=C4CC(O)CCC43C)C1CCOC2.CC1CCC2(C)C(=CCC3C4CCOCC4(C)CCC32)C1. The van der Waals surface area contributed by atoms with Crippen LogP contribution in [0.1, 0.15) is 125 Å². The quantitative estimate of drug-likeness (QED) is 0.291. The summed E-state index contributed by atoms with van der Waals surface area (Å²) in [6, 6.07) is 0. The fourth-order valence-corrected chi connectivity index (χ4v) is 12.8. The van der Waals surface area contributed by atoms with Crippen molar-refractivity contribution in [3.63, 3.8) is 0 Å². The Hall–Kier alpha value is -0.640. The maximum Gasteiger partial charge on any atom is 0.0577 e. The zero-order valence-corrected chi connectivity index (χ0v) is 27.8. The molecule has 6 aliphatic carbocycles. The van der Waals surface area contributed by atoms with E-state index in [0.717, 1.165) is 80.7 Å². The van der Waals surface area contributed by atoms with Gasteiger partial charge in [-0.05, 0) is 153 Å². The van der Waals surface area contributed by atoms with Gasteiger partial charge in [0.25, 0.3) is 0 Å². The van der Waals surface area contributed by atoms with Crippen LogP contribution in [0, 0.1) is 63.1 Å². The minimum absolute atomic E-state index is 0.0854. The average Bonchev–Trinajstić information content (AvgIpc) is 2.97. The van der Waals surface area contributed by atoms with E-state index < -0.39 is 0 Å². The van der Waals surface area contributed by atoms with Crippen LogP contribution in [0.25, 0.3) is 0 Å². The molecule has 1 N–H and O–H groups in total. The number of aliphatic hydroxyl groups is 1. The molecule has 2 heterocycles. The van der Waals surface area contributed by atoms with Crippen LogP contribution >= 0.6 is 0 Å². The lowest BCUT2D eigenvalue weighted by Gasteiger charge is -2.59. The molecule has 0 spiro atoms. The molecule has 0 aromatic heterocycles. The lowest BCUT2D eigenvalue weighted by molar-refractivity contribution is -0.124. The molecule has 0 radical (unpaired) electrons. The van der Waals surface area contributed by atoms with Crippen molar-refractivity contribution in [2.45, 2.75) is 131 Å². The molecule has 0 amide bonds. The molecular formula is C39H62O3. The van der Waals surface area contributed by atoms with E-state index in [1.54, 1.807) is 5.57 Å². The molecule has 4 saturated carbocycles. The van der Waals surface area contributed by atoms with Gasteiger partial charge in [-0.2, -0.15) is 0 Å². The Morgan fingerprint density at radius 2 is 1.12 bits per heavy atom. The summed E-state index contributed by atoms with van der Waals surface area (Å²) in [6.07, 6.45) is 23.3. The van der Waals surface area contributed by atoms with Gasteiger partial charge in [0, 0.05) is 13.2 Å². The molecule has 2 aliphatic heterocycles. The molecule has 12 unspecified atom stereocenters. The van der Waals surface area contributed by atoms with Crippen molar-refractivity contribution in [2.24, 2.45) is 63.1 Å². The van der Waals surface area contributed by atoms with Crippen molar-refractivity contribution in [3.8, 4) is 0 Å². The van der Waals surface area contributed by atoms with Crippen molar-refractivity contribution in [3.05, 3.63) is 23.3 Å². The highest BCUT2D eigenvalue weighted by Gasteiger charge is 2.56. The summed E-state index contributed by atoms with van der Waals surface area (Å²) in [6.45, 7) is 16.5. The van der Waals surface area contributed by atoms with Crippen molar-refractivity contribution in [2.75, 3.05) is 26.4 Å². The predicted octanol–water partition coefficient (Wildman–Crippen LogP) is 9.15. The van der Waals surface area contributed by atoms with Crippen LogP contribution in [0.15, 0.2) is 23.3 Å². The summed E-state index contributed by atoms with van der Waals surface area (Å²) in [5, 5.41) is 10.0. The minimum Gasteiger partial charge on any atom is -0.393 e. The van der Waals surface area contributed by atoms with Crippen LogP contribution in [0.5, 0.6) is 0 Å². The highest BCUT2D eigenvalue weighted by Crippen LogP contribution is 2.64. The highest BCUT2D eigenvalue weighted by molar-refractivity contribution is 5.26. The van der Waals surface area contributed by atoms with E-state index in [2.05, 4.69) is 46.8 Å². The first kappa shape index (κ1) is 30.0.